The Kier molecular flexibility index (Phi) is 8.64. The lowest BCUT2D eigenvalue weighted by molar-refractivity contribution is -0.257. The molecule has 0 aliphatic carbocycles. The number of amides is 1. The van der Waals surface area contributed by atoms with Gasteiger partial charge in [-0.3, -0.25) is 19.2 Å². The number of carbonyl (C=O) groups is 4. The molecular formula is C20H24ClNO9. The minimum atomic E-state index is -1.22. The predicted molar refractivity (Wildman–Crippen MR) is 106 cm³/mol. The third kappa shape index (κ3) is 7.11. The molecule has 0 aromatic heterocycles. The number of ether oxygens (including phenoxy) is 5. The van der Waals surface area contributed by atoms with Gasteiger partial charge in [-0.25, -0.2) is 0 Å². The first-order valence-electron chi connectivity index (χ1n) is 9.40. The largest absolute Gasteiger partial charge is 0.463 e. The summed E-state index contributed by atoms with van der Waals surface area (Å²) in [7, 11) is 0. The van der Waals surface area contributed by atoms with E-state index in [-0.39, 0.29) is 17.4 Å². The van der Waals surface area contributed by atoms with Crippen molar-refractivity contribution >= 4 is 35.4 Å². The van der Waals surface area contributed by atoms with Gasteiger partial charge in [0, 0.05) is 27.7 Å². The molecule has 5 atom stereocenters. The van der Waals surface area contributed by atoms with E-state index in [1.54, 1.807) is 24.3 Å². The highest BCUT2D eigenvalue weighted by Gasteiger charge is 2.52. The van der Waals surface area contributed by atoms with Crippen molar-refractivity contribution in [1.82, 2.24) is 5.32 Å². The van der Waals surface area contributed by atoms with Gasteiger partial charge in [0.15, 0.2) is 12.2 Å². The Morgan fingerprint density at radius 2 is 1.58 bits per heavy atom. The van der Waals surface area contributed by atoms with E-state index in [0.717, 1.165) is 13.8 Å². The Bertz CT molecular complexity index is 831. The molecule has 1 heterocycles. The molecule has 1 aromatic rings. The van der Waals surface area contributed by atoms with Gasteiger partial charge in [0.25, 0.3) is 0 Å². The van der Waals surface area contributed by atoms with Crippen LogP contribution in [0.1, 0.15) is 27.7 Å². The number of para-hydroxylation sites is 1. The van der Waals surface area contributed by atoms with Gasteiger partial charge < -0.3 is 29.0 Å². The molecule has 1 aliphatic rings. The molecule has 0 saturated carbocycles. The quantitative estimate of drug-likeness (QED) is 0.477. The molecule has 10 nitrogen and oxygen atoms in total. The Morgan fingerprint density at radius 3 is 2.13 bits per heavy atom. The van der Waals surface area contributed by atoms with E-state index < -0.39 is 54.5 Å². The summed E-state index contributed by atoms with van der Waals surface area (Å²) in [5.74, 6) is -2.21. The standard InChI is InChI=1S/C20H24ClNO9/c1-10(23)22-17-19(29-13(4)26)18(28-12(3)25)16(9-27-11(2)24)31-20(17)30-15-8-6-5-7-14(15)21/h5-8,16-20H,9H2,1-4H3,(H,22,23). The molecule has 1 fully saturated rings. The fourth-order valence-corrected chi connectivity index (χ4v) is 3.24. The maximum Gasteiger partial charge on any atom is 0.303 e. The van der Waals surface area contributed by atoms with Gasteiger partial charge >= 0.3 is 17.9 Å². The second-order valence-electron chi connectivity index (χ2n) is 6.77. The molecular weight excluding hydrogens is 434 g/mol. The smallest absolute Gasteiger partial charge is 0.303 e. The van der Waals surface area contributed by atoms with Gasteiger partial charge in [-0.05, 0) is 12.1 Å². The first-order chi connectivity index (χ1) is 14.6. The lowest BCUT2D eigenvalue weighted by Crippen LogP contribution is -2.67. The molecule has 31 heavy (non-hydrogen) atoms. The molecule has 0 radical (unpaired) electrons. The van der Waals surface area contributed by atoms with E-state index >= 15 is 0 Å². The Morgan fingerprint density at radius 1 is 0.968 bits per heavy atom. The zero-order chi connectivity index (χ0) is 23.1. The topological polar surface area (TPSA) is 126 Å². The van der Waals surface area contributed by atoms with Crippen molar-refractivity contribution in [3.8, 4) is 5.75 Å². The predicted octanol–water partition coefficient (Wildman–Crippen LogP) is 1.37. The van der Waals surface area contributed by atoms with Crippen molar-refractivity contribution in [1.29, 1.82) is 0 Å². The van der Waals surface area contributed by atoms with Crippen LogP contribution in [0.25, 0.3) is 0 Å². The molecule has 1 aliphatic heterocycles. The number of hydrogen-bond donors (Lipinski definition) is 1. The van der Waals surface area contributed by atoms with Crippen molar-refractivity contribution in [2.24, 2.45) is 0 Å². The monoisotopic (exact) mass is 457 g/mol. The molecule has 170 valence electrons. The maximum atomic E-state index is 11.9. The highest BCUT2D eigenvalue weighted by atomic mass is 35.5. The zero-order valence-electron chi connectivity index (χ0n) is 17.5. The third-order valence-electron chi connectivity index (χ3n) is 4.15. The molecule has 0 spiro atoms. The maximum absolute atomic E-state index is 11.9. The van der Waals surface area contributed by atoms with Crippen LogP contribution >= 0.6 is 11.6 Å². The number of esters is 3. The number of nitrogens with one attached hydrogen (secondary N) is 1. The summed E-state index contributed by atoms with van der Waals surface area (Å²) in [4.78, 5) is 46.7. The molecule has 5 unspecified atom stereocenters. The molecule has 1 amide bonds. The summed E-state index contributed by atoms with van der Waals surface area (Å²) in [5.41, 5.74) is 0. The minimum absolute atomic E-state index is 0.239. The first-order valence-corrected chi connectivity index (χ1v) is 9.77. The lowest BCUT2D eigenvalue weighted by atomic mass is 9.96. The van der Waals surface area contributed by atoms with E-state index in [1.807, 2.05) is 0 Å². The van der Waals surface area contributed by atoms with Gasteiger partial charge in [-0.2, -0.15) is 0 Å². The minimum Gasteiger partial charge on any atom is -0.463 e. The van der Waals surface area contributed by atoms with Crippen molar-refractivity contribution in [2.75, 3.05) is 6.61 Å². The van der Waals surface area contributed by atoms with E-state index in [9.17, 15) is 19.2 Å². The summed E-state index contributed by atoms with van der Waals surface area (Å²) in [6.07, 6.45) is -4.68. The molecule has 0 bridgehead atoms. The van der Waals surface area contributed by atoms with Crippen LogP contribution in [0.3, 0.4) is 0 Å². The zero-order valence-corrected chi connectivity index (χ0v) is 18.2. The first kappa shape index (κ1) is 24.4. The van der Waals surface area contributed by atoms with Gasteiger partial charge in [-0.15, -0.1) is 0 Å². The van der Waals surface area contributed by atoms with E-state index in [0.29, 0.717) is 0 Å². The number of rotatable bonds is 7. The number of hydrogen-bond acceptors (Lipinski definition) is 9. The molecule has 1 N–H and O–H groups in total. The number of benzene rings is 1. The van der Waals surface area contributed by atoms with E-state index in [4.69, 9.17) is 35.3 Å². The van der Waals surface area contributed by atoms with E-state index in [2.05, 4.69) is 5.32 Å². The summed E-state index contributed by atoms with van der Waals surface area (Å²) in [5, 5.41) is 2.88. The highest BCUT2D eigenvalue weighted by Crippen LogP contribution is 2.31. The lowest BCUT2D eigenvalue weighted by Gasteiger charge is -2.44. The van der Waals surface area contributed by atoms with Crippen LogP contribution in [0.2, 0.25) is 5.02 Å². The van der Waals surface area contributed by atoms with Crippen LogP contribution in [0.4, 0.5) is 0 Å². The van der Waals surface area contributed by atoms with Gasteiger partial charge in [0.2, 0.25) is 12.2 Å². The molecule has 1 aromatic carbocycles. The van der Waals surface area contributed by atoms with Crippen molar-refractivity contribution in [3.63, 3.8) is 0 Å². The number of halogens is 1. The van der Waals surface area contributed by atoms with Crippen LogP contribution in [-0.4, -0.2) is 61.1 Å². The second-order valence-corrected chi connectivity index (χ2v) is 7.18. The van der Waals surface area contributed by atoms with Gasteiger partial charge in [-0.1, -0.05) is 23.7 Å². The molecule has 1 saturated heterocycles. The normalized spacial score (nSPS) is 25.1. The molecule has 2 rings (SSSR count). The summed E-state index contributed by atoms with van der Waals surface area (Å²) in [6.45, 7) is 4.46. The SMILES string of the molecule is CC(=O)NC1C(Oc2ccccc2Cl)OC(COC(C)=O)C(OC(C)=O)C1OC(C)=O. The van der Waals surface area contributed by atoms with Gasteiger partial charge in [0.05, 0.1) is 5.02 Å². The fraction of sp³-hybridized carbons (Fsp3) is 0.500. The summed E-state index contributed by atoms with van der Waals surface area (Å²) < 4.78 is 27.5. The van der Waals surface area contributed by atoms with Crippen molar-refractivity contribution in [3.05, 3.63) is 29.3 Å². The van der Waals surface area contributed by atoms with Crippen LogP contribution in [0.5, 0.6) is 5.75 Å². The van der Waals surface area contributed by atoms with Crippen LogP contribution < -0.4 is 10.1 Å². The van der Waals surface area contributed by atoms with Crippen LogP contribution in [-0.2, 0) is 38.1 Å². The molecule has 11 heteroatoms. The van der Waals surface area contributed by atoms with Crippen molar-refractivity contribution in [2.45, 2.75) is 58.3 Å². The second kappa shape index (κ2) is 11.0. The van der Waals surface area contributed by atoms with Crippen molar-refractivity contribution < 1.29 is 42.9 Å². The Labute approximate surface area is 184 Å². The Hall–Kier alpha value is -2.85. The van der Waals surface area contributed by atoms with Crippen LogP contribution in [0, 0.1) is 0 Å². The Balaban J connectivity index is 2.46. The average molecular weight is 458 g/mol. The van der Waals surface area contributed by atoms with Crippen LogP contribution in [0.15, 0.2) is 24.3 Å². The third-order valence-corrected chi connectivity index (χ3v) is 4.46. The number of carbonyl (C=O) groups excluding carboxylic acids is 4. The van der Waals surface area contributed by atoms with Gasteiger partial charge in [0.1, 0.15) is 24.5 Å². The summed E-state index contributed by atoms with van der Waals surface area (Å²) in [6, 6.07) is 5.48. The highest BCUT2D eigenvalue weighted by molar-refractivity contribution is 6.32. The van der Waals surface area contributed by atoms with E-state index in [1.165, 1.54) is 13.8 Å². The average Bonchev–Trinajstić information content (AvgIpc) is 2.65. The summed E-state index contributed by atoms with van der Waals surface area (Å²) >= 11 is 6.16. The fourth-order valence-electron chi connectivity index (χ4n) is 3.06.